The third kappa shape index (κ3) is 4.04. The molecule has 0 bridgehead atoms. The second-order valence-electron chi connectivity index (χ2n) is 7.72. The number of sulfonamides is 1. The van der Waals surface area contributed by atoms with Gasteiger partial charge in [0.1, 0.15) is 10.7 Å². The van der Waals surface area contributed by atoms with Crippen molar-refractivity contribution < 1.29 is 13.2 Å². The quantitative estimate of drug-likeness (QED) is 0.809. The molecule has 1 N–H and O–H groups in total. The predicted octanol–water partition coefficient (Wildman–Crippen LogP) is 1.70. The monoisotopic (exact) mass is 418 g/mol. The Bertz CT molecular complexity index is 970. The summed E-state index contributed by atoms with van der Waals surface area (Å²) in [6.07, 6.45) is 9.10. The predicted molar refractivity (Wildman–Crippen MR) is 106 cm³/mol. The van der Waals surface area contributed by atoms with Crippen LogP contribution in [0.2, 0.25) is 0 Å². The lowest BCUT2D eigenvalue weighted by atomic mass is 9.98. The number of aromatic amines is 1. The minimum Gasteiger partial charge on any atom is -0.339 e. The zero-order valence-corrected chi connectivity index (χ0v) is 17.4. The molecule has 0 spiro atoms. The summed E-state index contributed by atoms with van der Waals surface area (Å²) in [5.41, 5.74) is 1.19. The van der Waals surface area contributed by atoms with Gasteiger partial charge in [-0.3, -0.25) is 9.89 Å². The second kappa shape index (κ2) is 8.19. The molecule has 10 heteroatoms. The van der Waals surface area contributed by atoms with E-state index >= 15 is 0 Å². The Kier molecular flexibility index (Phi) is 5.64. The molecular formula is C19H26N6O3S. The van der Waals surface area contributed by atoms with Crippen LogP contribution < -0.4 is 0 Å². The Morgan fingerprint density at radius 1 is 1.14 bits per heavy atom. The van der Waals surface area contributed by atoms with Crippen molar-refractivity contribution in [2.75, 3.05) is 26.2 Å². The van der Waals surface area contributed by atoms with Crippen LogP contribution in [0.4, 0.5) is 0 Å². The van der Waals surface area contributed by atoms with Gasteiger partial charge in [-0.2, -0.15) is 9.40 Å². The van der Waals surface area contributed by atoms with Crippen molar-refractivity contribution in [3.8, 4) is 0 Å². The van der Waals surface area contributed by atoms with Crippen molar-refractivity contribution in [3.05, 3.63) is 35.7 Å². The maximum absolute atomic E-state index is 12.8. The molecule has 1 atom stereocenters. The van der Waals surface area contributed by atoms with Crippen LogP contribution in [0.3, 0.4) is 0 Å². The molecule has 0 aromatic carbocycles. The van der Waals surface area contributed by atoms with Gasteiger partial charge < -0.3 is 4.90 Å². The lowest BCUT2D eigenvalue weighted by Gasteiger charge is -2.31. The van der Waals surface area contributed by atoms with Crippen LogP contribution in [0.5, 0.6) is 0 Å². The Hall–Kier alpha value is -2.33. The van der Waals surface area contributed by atoms with Crippen molar-refractivity contribution in [1.29, 1.82) is 0 Å². The van der Waals surface area contributed by atoms with Crippen molar-refractivity contribution >= 4 is 15.9 Å². The molecule has 0 saturated carbocycles. The highest BCUT2D eigenvalue weighted by atomic mass is 32.2. The zero-order valence-electron chi connectivity index (χ0n) is 16.5. The average molecular weight is 419 g/mol. The molecule has 2 fully saturated rings. The van der Waals surface area contributed by atoms with Gasteiger partial charge in [0.05, 0.1) is 17.5 Å². The van der Waals surface area contributed by atoms with E-state index in [1.807, 2.05) is 11.8 Å². The number of carbonyl (C=O) groups excluding carboxylic acids is 1. The van der Waals surface area contributed by atoms with Gasteiger partial charge in [-0.05, 0) is 39.0 Å². The van der Waals surface area contributed by atoms with Crippen LogP contribution in [0.25, 0.3) is 0 Å². The van der Waals surface area contributed by atoms with Gasteiger partial charge in [0.2, 0.25) is 10.0 Å². The van der Waals surface area contributed by atoms with Crippen LogP contribution >= 0.6 is 0 Å². The maximum atomic E-state index is 12.8. The second-order valence-corrected chi connectivity index (χ2v) is 9.65. The van der Waals surface area contributed by atoms with E-state index in [4.69, 9.17) is 0 Å². The number of carbonyl (C=O) groups is 1. The molecule has 0 aliphatic carbocycles. The number of H-pyrrole nitrogens is 1. The first-order valence-corrected chi connectivity index (χ1v) is 11.5. The van der Waals surface area contributed by atoms with E-state index in [9.17, 15) is 13.2 Å². The molecular weight excluding hydrogens is 392 g/mol. The van der Waals surface area contributed by atoms with Gasteiger partial charge in [-0.25, -0.2) is 18.4 Å². The summed E-state index contributed by atoms with van der Waals surface area (Å²) in [6.45, 7) is 4.18. The first-order chi connectivity index (χ1) is 14.0. The van der Waals surface area contributed by atoms with Crippen LogP contribution in [0.15, 0.2) is 23.5 Å². The van der Waals surface area contributed by atoms with Gasteiger partial charge in [0.15, 0.2) is 0 Å². The number of hydrogen-bond donors (Lipinski definition) is 1. The lowest BCUT2D eigenvalue weighted by Crippen LogP contribution is -2.39. The summed E-state index contributed by atoms with van der Waals surface area (Å²) in [5.74, 6) is 0.495. The normalized spacial score (nSPS) is 21.3. The largest absolute Gasteiger partial charge is 0.339 e. The minimum atomic E-state index is -3.58. The molecule has 0 radical (unpaired) electrons. The fourth-order valence-corrected chi connectivity index (χ4v) is 5.49. The van der Waals surface area contributed by atoms with Crippen molar-refractivity contribution in [1.82, 2.24) is 29.4 Å². The number of nitrogens with one attached hydrogen (secondary N) is 1. The maximum Gasteiger partial charge on any atom is 0.257 e. The van der Waals surface area contributed by atoms with Crippen LogP contribution in [-0.4, -0.2) is 69.9 Å². The van der Waals surface area contributed by atoms with Crippen LogP contribution in [0, 0.1) is 6.92 Å². The van der Waals surface area contributed by atoms with E-state index < -0.39 is 10.0 Å². The minimum absolute atomic E-state index is 0.0124. The Morgan fingerprint density at radius 2 is 1.93 bits per heavy atom. The highest BCUT2D eigenvalue weighted by Crippen LogP contribution is 2.29. The van der Waals surface area contributed by atoms with E-state index in [2.05, 4.69) is 20.2 Å². The number of hydrogen-bond acceptors (Lipinski definition) is 6. The molecule has 2 saturated heterocycles. The number of likely N-dealkylation sites (tertiary alicyclic amines) is 1. The summed E-state index contributed by atoms with van der Waals surface area (Å²) in [6, 6.07) is 0. The Balaban J connectivity index is 1.51. The van der Waals surface area contributed by atoms with Crippen molar-refractivity contribution in [3.63, 3.8) is 0 Å². The average Bonchev–Trinajstić information content (AvgIpc) is 3.30. The SMILES string of the molecule is Cc1nc(C2CCCN(S(=O)(=O)c3cn[nH]c3)C2)ncc1C(=O)N1CCCCC1. The van der Waals surface area contributed by atoms with E-state index in [0.717, 1.165) is 45.2 Å². The first kappa shape index (κ1) is 20.0. The molecule has 2 aliphatic rings. The summed E-state index contributed by atoms with van der Waals surface area (Å²) in [5, 5.41) is 6.30. The molecule has 2 aromatic heterocycles. The molecule has 29 heavy (non-hydrogen) atoms. The topological polar surface area (TPSA) is 112 Å². The number of rotatable bonds is 4. The number of nitrogens with zero attached hydrogens (tertiary/aromatic N) is 5. The molecule has 9 nitrogen and oxygen atoms in total. The fraction of sp³-hybridized carbons (Fsp3) is 0.579. The van der Waals surface area contributed by atoms with Gasteiger partial charge in [-0.15, -0.1) is 0 Å². The Morgan fingerprint density at radius 3 is 2.62 bits per heavy atom. The highest BCUT2D eigenvalue weighted by Gasteiger charge is 2.33. The molecule has 1 amide bonds. The van der Waals surface area contributed by atoms with E-state index in [1.165, 1.54) is 16.7 Å². The summed E-state index contributed by atoms with van der Waals surface area (Å²) >= 11 is 0. The van der Waals surface area contributed by atoms with E-state index in [1.54, 1.807) is 6.20 Å². The third-order valence-electron chi connectivity index (χ3n) is 5.73. The van der Waals surface area contributed by atoms with Crippen LogP contribution in [0.1, 0.15) is 59.9 Å². The van der Waals surface area contributed by atoms with Crippen LogP contribution in [-0.2, 0) is 10.0 Å². The van der Waals surface area contributed by atoms with Crippen molar-refractivity contribution in [2.24, 2.45) is 0 Å². The third-order valence-corrected chi connectivity index (χ3v) is 7.56. The number of aromatic nitrogens is 4. The highest BCUT2D eigenvalue weighted by molar-refractivity contribution is 7.89. The fourth-order valence-electron chi connectivity index (χ4n) is 4.06. The molecule has 156 valence electrons. The summed E-state index contributed by atoms with van der Waals surface area (Å²) in [4.78, 5) is 23.9. The number of amides is 1. The molecule has 4 rings (SSSR count). The van der Waals surface area contributed by atoms with E-state index in [0.29, 0.717) is 30.2 Å². The summed E-state index contributed by atoms with van der Waals surface area (Å²) < 4.78 is 27.0. The molecule has 2 aliphatic heterocycles. The number of piperidine rings is 2. The van der Waals surface area contributed by atoms with Gasteiger partial charge >= 0.3 is 0 Å². The standard InChI is InChI=1S/C19H26N6O3S/c1-14-17(19(26)24-7-3-2-4-8-24)12-20-18(23-14)15-6-5-9-25(13-15)29(27,28)16-10-21-22-11-16/h10-12,15H,2-9,13H2,1H3,(H,21,22). The van der Waals surface area contributed by atoms with Gasteiger partial charge in [0.25, 0.3) is 5.91 Å². The zero-order chi connectivity index (χ0) is 20.4. The molecule has 2 aromatic rings. The smallest absolute Gasteiger partial charge is 0.257 e. The van der Waals surface area contributed by atoms with Gasteiger partial charge in [0, 0.05) is 44.5 Å². The Labute approximate surface area is 170 Å². The lowest BCUT2D eigenvalue weighted by molar-refractivity contribution is 0.0722. The first-order valence-electron chi connectivity index (χ1n) is 10.1. The number of aryl methyl sites for hydroxylation is 1. The molecule has 4 heterocycles. The summed E-state index contributed by atoms with van der Waals surface area (Å²) in [7, 11) is -3.58. The van der Waals surface area contributed by atoms with Gasteiger partial charge in [-0.1, -0.05) is 0 Å². The molecule has 1 unspecified atom stereocenters. The van der Waals surface area contributed by atoms with Crippen molar-refractivity contribution in [2.45, 2.75) is 49.8 Å². The van der Waals surface area contributed by atoms with E-state index in [-0.39, 0.29) is 16.7 Å².